The van der Waals surface area contributed by atoms with Gasteiger partial charge < -0.3 is 15.0 Å². The van der Waals surface area contributed by atoms with Crippen molar-refractivity contribution in [2.24, 2.45) is 0 Å². The summed E-state index contributed by atoms with van der Waals surface area (Å²) < 4.78 is 5.34. The van der Waals surface area contributed by atoms with Gasteiger partial charge in [-0.1, -0.05) is 41.9 Å². The number of hydrogen-bond acceptors (Lipinski definition) is 5. The second-order valence-electron chi connectivity index (χ2n) is 7.90. The zero-order chi connectivity index (χ0) is 25.1. The van der Waals surface area contributed by atoms with Crippen molar-refractivity contribution in [3.63, 3.8) is 0 Å². The van der Waals surface area contributed by atoms with Crippen molar-refractivity contribution in [2.75, 3.05) is 28.8 Å². The third-order valence-corrected chi connectivity index (χ3v) is 5.96. The molecule has 0 aliphatic carbocycles. The van der Waals surface area contributed by atoms with Gasteiger partial charge in [0.05, 0.1) is 12.8 Å². The minimum absolute atomic E-state index is 0.0692. The summed E-state index contributed by atoms with van der Waals surface area (Å²) in [6, 6.07) is 21.3. The molecule has 4 rings (SSSR count). The molecule has 1 aliphatic heterocycles. The van der Waals surface area contributed by atoms with Crippen molar-refractivity contribution in [2.45, 2.75) is 13.8 Å². The zero-order valence-corrected chi connectivity index (χ0v) is 20.3. The van der Waals surface area contributed by atoms with Crippen LogP contribution < -0.4 is 19.9 Å². The molecule has 0 unspecified atom stereocenters. The summed E-state index contributed by atoms with van der Waals surface area (Å²) in [5.74, 6) is -1.09. The Bertz CT molecular complexity index is 1340. The molecule has 0 fully saturated rings. The first kappa shape index (κ1) is 24.0. The van der Waals surface area contributed by atoms with Crippen molar-refractivity contribution in [1.29, 1.82) is 0 Å². The highest BCUT2D eigenvalue weighted by Crippen LogP contribution is 2.36. The first-order valence-electron chi connectivity index (χ1n) is 11.0. The van der Waals surface area contributed by atoms with E-state index in [1.807, 2.05) is 50.2 Å². The molecule has 0 atom stereocenters. The van der Waals surface area contributed by atoms with Gasteiger partial charge in [0.15, 0.2) is 0 Å². The number of halogens is 1. The van der Waals surface area contributed by atoms with Crippen LogP contribution in [-0.2, 0) is 9.59 Å². The number of benzene rings is 3. The molecular weight excluding hydrogens is 466 g/mol. The molecule has 0 radical (unpaired) electrons. The van der Waals surface area contributed by atoms with Crippen molar-refractivity contribution in [1.82, 2.24) is 0 Å². The predicted molar refractivity (Wildman–Crippen MR) is 137 cm³/mol. The summed E-state index contributed by atoms with van der Waals surface area (Å²) in [4.78, 5) is 42.0. The van der Waals surface area contributed by atoms with E-state index in [9.17, 15) is 14.4 Å². The monoisotopic (exact) mass is 489 g/mol. The number of rotatable bonds is 7. The van der Waals surface area contributed by atoms with Gasteiger partial charge in [-0.05, 0) is 61.9 Å². The van der Waals surface area contributed by atoms with Gasteiger partial charge in [-0.3, -0.25) is 14.4 Å². The van der Waals surface area contributed by atoms with Crippen LogP contribution in [0.1, 0.15) is 22.8 Å². The molecular formula is C27H24ClN3O4. The molecule has 35 heavy (non-hydrogen) atoms. The summed E-state index contributed by atoms with van der Waals surface area (Å²) in [5.41, 5.74) is 2.74. The quantitative estimate of drug-likeness (QED) is 0.467. The van der Waals surface area contributed by atoms with Gasteiger partial charge in [0.1, 0.15) is 16.5 Å². The van der Waals surface area contributed by atoms with Gasteiger partial charge in [0.25, 0.3) is 17.7 Å². The van der Waals surface area contributed by atoms with Crippen molar-refractivity contribution < 1.29 is 19.1 Å². The van der Waals surface area contributed by atoms with E-state index in [-0.39, 0.29) is 16.6 Å². The highest BCUT2D eigenvalue weighted by atomic mass is 35.5. The Morgan fingerprint density at radius 1 is 1.00 bits per heavy atom. The number of carbonyl (C=O) groups excluding carboxylic acids is 3. The summed E-state index contributed by atoms with van der Waals surface area (Å²) in [5, 5.41) is 2.70. The Morgan fingerprint density at radius 3 is 2.43 bits per heavy atom. The number of amides is 3. The second kappa shape index (κ2) is 10.0. The average Bonchev–Trinajstić information content (AvgIpc) is 3.08. The van der Waals surface area contributed by atoms with Crippen LogP contribution in [0.3, 0.4) is 0 Å². The Balaban J connectivity index is 1.61. The van der Waals surface area contributed by atoms with Crippen molar-refractivity contribution in [3.8, 4) is 5.75 Å². The second-order valence-corrected chi connectivity index (χ2v) is 8.28. The Morgan fingerprint density at radius 2 is 1.74 bits per heavy atom. The van der Waals surface area contributed by atoms with Crippen LogP contribution in [0.5, 0.6) is 5.75 Å². The third kappa shape index (κ3) is 4.63. The summed E-state index contributed by atoms with van der Waals surface area (Å²) in [6.45, 7) is 4.23. The van der Waals surface area contributed by atoms with E-state index in [1.165, 1.54) is 7.11 Å². The number of carbonyl (C=O) groups is 3. The lowest BCUT2D eigenvalue weighted by Crippen LogP contribution is -2.32. The number of hydrogen-bond donors (Lipinski definition) is 1. The predicted octanol–water partition coefficient (Wildman–Crippen LogP) is 5.11. The molecule has 1 heterocycles. The third-order valence-electron chi connectivity index (χ3n) is 5.61. The van der Waals surface area contributed by atoms with Crippen LogP contribution >= 0.6 is 11.6 Å². The van der Waals surface area contributed by atoms with Gasteiger partial charge in [-0.25, -0.2) is 4.90 Å². The van der Waals surface area contributed by atoms with Crippen LogP contribution in [-0.4, -0.2) is 31.4 Å². The zero-order valence-electron chi connectivity index (χ0n) is 19.5. The molecule has 0 saturated heterocycles. The maximum absolute atomic E-state index is 13.2. The lowest BCUT2D eigenvalue weighted by molar-refractivity contribution is -0.120. The van der Waals surface area contributed by atoms with Crippen LogP contribution in [0, 0.1) is 6.92 Å². The van der Waals surface area contributed by atoms with E-state index in [1.54, 1.807) is 41.3 Å². The minimum Gasteiger partial charge on any atom is -0.495 e. The standard InChI is InChI=1S/C27H24ClN3O4/c1-4-30(20-11-6-5-7-12-20)25(32)18-9-8-10-19(16-18)29-24-23(28)26(33)31(27(24)34)21-15-17(2)13-14-22(21)35-3/h5-16,29H,4H2,1-3H3. The maximum atomic E-state index is 13.2. The molecule has 0 saturated carbocycles. The smallest absolute Gasteiger partial charge is 0.283 e. The number of aryl methyl sites for hydroxylation is 1. The van der Waals surface area contributed by atoms with Gasteiger partial charge in [0, 0.05) is 23.5 Å². The Hall–Kier alpha value is -4.10. The molecule has 0 bridgehead atoms. The normalized spacial score (nSPS) is 13.3. The topological polar surface area (TPSA) is 79.0 Å². The molecule has 7 nitrogen and oxygen atoms in total. The van der Waals surface area contributed by atoms with Gasteiger partial charge in [-0.2, -0.15) is 0 Å². The lowest BCUT2D eigenvalue weighted by atomic mass is 10.1. The number of imide groups is 1. The number of anilines is 3. The molecule has 8 heteroatoms. The van der Waals surface area contributed by atoms with E-state index in [0.717, 1.165) is 16.2 Å². The highest BCUT2D eigenvalue weighted by Gasteiger charge is 2.40. The van der Waals surface area contributed by atoms with E-state index in [2.05, 4.69) is 5.32 Å². The molecule has 3 aromatic carbocycles. The molecule has 0 spiro atoms. The van der Waals surface area contributed by atoms with E-state index < -0.39 is 11.8 Å². The average molecular weight is 490 g/mol. The first-order chi connectivity index (χ1) is 16.8. The maximum Gasteiger partial charge on any atom is 0.283 e. The molecule has 1 aliphatic rings. The summed E-state index contributed by atoms with van der Waals surface area (Å²) in [7, 11) is 1.46. The summed E-state index contributed by atoms with van der Waals surface area (Å²) in [6.07, 6.45) is 0. The molecule has 3 amide bonds. The van der Waals surface area contributed by atoms with E-state index >= 15 is 0 Å². The number of nitrogens with one attached hydrogen (secondary N) is 1. The van der Waals surface area contributed by atoms with Crippen LogP contribution in [0.2, 0.25) is 0 Å². The number of nitrogens with zero attached hydrogens (tertiary/aromatic N) is 2. The van der Waals surface area contributed by atoms with Crippen molar-refractivity contribution >= 4 is 46.4 Å². The SMILES string of the molecule is CCN(C(=O)c1cccc(NC2=C(Cl)C(=O)N(c3cc(C)ccc3OC)C2=O)c1)c1ccccc1. The number of ether oxygens (including phenoxy) is 1. The fourth-order valence-corrected chi connectivity index (χ4v) is 4.10. The molecule has 178 valence electrons. The van der Waals surface area contributed by atoms with Gasteiger partial charge in [-0.15, -0.1) is 0 Å². The first-order valence-corrected chi connectivity index (χ1v) is 11.4. The number of methoxy groups -OCH3 is 1. The van der Waals surface area contributed by atoms with Crippen molar-refractivity contribution in [3.05, 3.63) is 94.7 Å². The van der Waals surface area contributed by atoms with Crippen LogP contribution in [0.25, 0.3) is 0 Å². The lowest BCUT2D eigenvalue weighted by Gasteiger charge is -2.21. The summed E-state index contributed by atoms with van der Waals surface area (Å²) >= 11 is 6.30. The van der Waals surface area contributed by atoms with E-state index in [4.69, 9.17) is 16.3 Å². The fourth-order valence-electron chi connectivity index (χ4n) is 3.89. The largest absolute Gasteiger partial charge is 0.495 e. The highest BCUT2D eigenvalue weighted by molar-refractivity contribution is 6.53. The van der Waals surface area contributed by atoms with Crippen LogP contribution in [0.15, 0.2) is 83.5 Å². The molecule has 3 aromatic rings. The molecule has 0 aromatic heterocycles. The number of para-hydroxylation sites is 1. The molecule has 1 N–H and O–H groups in total. The Labute approximate surface area is 208 Å². The minimum atomic E-state index is -0.656. The van der Waals surface area contributed by atoms with Crippen LogP contribution in [0.4, 0.5) is 17.1 Å². The Kier molecular flexibility index (Phi) is 6.89. The van der Waals surface area contributed by atoms with E-state index in [0.29, 0.717) is 29.2 Å². The fraction of sp³-hybridized carbons (Fsp3) is 0.148. The van der Waals surface area contributed by atoms with Gasteiger partial charge in [0.2, 0.25) is 0 Å². The van der Waals surface area contributed by atoms with Gasteiger partial charge >= 0.3 is 0 Å².